The minimum Gasteiger partial charge on any atom is -0.398 e. The summed E-state index contributed by atoms with van der Waals surface area (Å²) in [6, 6.07) is 4.16. The van der Waals surface area contributed by atoms with Gasteiger partial charge in [0.05, 0.1) is 0 Å². The number of thioether (sulfide) groups is 1. The van der Waals surface area contributed by atoms with Crippen LogP contribution in [0.25, 0.3) is 0 Å². The Morgan fingerprint density at radius 3 is 2.53 bits per heavy atom. The largest absolute Gasteiger partial charge is 0.446 e. The summed E-state index contributed by atoms with van der Waals surface area (Å²) in [6.07, 6.45) is 0. The van der Waals surface area contributed by atoms with Gasteiger partial charge >= 0.3 is 5.51 Å². The highest BCUT2D eigenvalue weighted by Crippen LogP contribution is 2.44. The van der Waals surface area contributed by atoms with Crippen molar-refractivity contribution in [2.75, 3.05) is 5.73 Å². The van der Waals surface area contributed by atoms with Crippen LogP contribution in [-0.2, 0) is 4.79 Å². The number of carbonyl (C=O) groups excluding carboxylic acids is 1. The van der Waals surface area contributed by atoms with E-state index in [9.17, 15) is 18.0 Å². The molecule has 0 spiro atoms. The molecular weight excluding hydrogens is 275 g/mol. The molecule has 0 radical (unpaired) electrons. The van der Waals surface area contributed by atoms with E-state index in [1.165, 1.54) is 25.1 Å². The minimum atomic E-state index is -4.47. The van der Waals surface area contributed by atoms with Crippen molar-refractivity contribution < 1.29 is 18.0 Å². The molecule has 0 heterocycles. The highest BCUT2D eigenvalue weighted by atomic mass is 35.5. The Bertz CT molecular complexity index is 436. The molecule has 2 nitrogen and oxygen atoms in total. The number of carbonyl (C=O) groups is 1. The first-order valence-corrected chi connectivity index (χ1v) is 5.76. The average Bonchev–Trinajstić information content (AvgIpc) is 2.18. The summed E-state index contributed by atoms with van der Waals surface area (Å²) in [5.41, 5.74) is 1.04. The van der Waals surface area contributed by atoms with Gasteiger partial charge in [0.15, 0.2) is 5.78 Å². The number of ketones is 1. The van der Waals surface area contributed by atoms with E-state index in [1.54, 1.807) is 0 Å². The quantitative estimate of drug-likeness (QED) is 0.522. The first-order valence-electron chi connectivity index (χ1n) is 4.51. The second-order valence-electron chi connectivity index (χ2n) is 3.29. The summed E-state index contributed by atoms with van der Waals surface area (Å²) in [4.78, 5) is 10.9. The third-order valence-electron chi connectivity index (χ3n) is 1.92. The fourth-order valence-corrected chi connectivity index (χ4v) is 2.19. The van der Waals surface area contributed by atoms with E-state index in [0.717, 1.165) is 0 Å². The van der Waals surface area contributed by atoms with Crippen molar-refractivity contribution in [2.24, 2.45) is 0 Å². The van der Waals surface area contributed by atoms with Crippen molar-refractivity contribution in [1.82, 2.24) is 0 Å². The molecule has 1 atom stereocenters. The SMILES string of the molecule is CC(=O)C(Cl)c1cccc(N)c1SC(F)(F)F. The van der Waals surface area contributed by atoms with E-state index >= 15 is 0 Å². The van der Waals surface area contributed by atoms with Gasteiger partial charge in [0.2, 0.25) is 0 Å². The molecule has 0 saturated heterocycles. The summed E-state index contributed by atoms with van der Waals surface area (Å²) in [7, 11) is 0. The number of rotatable bonds is 3. The molecule has 1 aromatic rings. The Hall–Kier alpha value is -0.880. The molecule has 94 valence electrons. The summed E-state index contributed by atoms with van der Waals surface area (Å²) >= 11 is 5.40. The summed E-state index contributed by atoms with van der Waals surface area (Å²) < 4.78 is 37.0. The molecule has 0 amide bonds. The highest BCUT2D eigenvalue weighted by molar-refractivity contribution is 8.00. The maximum absolute atomic E-state index is 12.3. The molecule has 2 N–H and O–H groups in total. The molecule has 0 aromatic heterocycles. The van der Waals surface area contributed by atoms with Crippen LogP contribution < -0.4 is 5.73 Å². The van der Waals surface area contributed by atoms with Gasteiger partial charge in [-0.3, -0.25) is 4.79 Å². The van der Waals surface area contributed by atoms with Gasteiger partial charge in [0.1, 0.15) is 5.38 Å². The number of benzene rings is 1. The number of nitrogen functional groups attached to an aromatic ring is 1. The monoisotopic (exact) mass is 283 g/mol. The summed E-state index contributed by atoms with van der Waals surface area (Å²) in [5, 5.41) is -1.12. The third kappa shape index (κ3) is 3.81. The van der Waals surface area contributed by atoms with Crippen molar-refractivity contribution >= 4 is 34.8 Å². The molecule has 0 aliphatic heterocycles. The van der Waals surface area contributed by atoms with Gasteiger partial charge < -0.3 is 5.73 Å². The van der Waals surface area contributed by atoms with Gasteiger partial charge in [-0.25, -0.2) is 0 Å². The van der Waals surface area contributed by atoms with Crippen LogP contribution in [0.5, 0.6) is 0 Å². The molecular formula is C10H9ClF3NOS. The maximum atomic E-state index is 12.3. The topological polar surface area (TPSA) is 43.1 Å². The van der Waals surface area contributed by atoms with Crippen molar-refractivity contribution in [2.45, 2.75) is 22.7 Å². The molecule has 0 aliphatic rings. The van der Waals surface area contributed by atoms with Crippen LogP contribution >= 0.6 is 23.4 Å². The van der Waals surface area contributed by atoms with Gasteiger partial charge in [-0.05, 0) is 30.3 Å². The van der Waals surface area contributed by atoms with Gasteiger partial charge in [0.25, 0.3) is 0 Å². The normalized spacial score (nSPS) is 13.5. The second-order valence-corrected chi connectivity index (χ2v) is 4.80. The van der Waals surface area contributed by atoms with Gasteiger partial charge in [-0.15, -0.1) is 11.6 Å². The van der Waals surface area contributed by atoms with Crippen molar-refractivity contribution in [3.8, 4) is 0 Å². The lowest BCUT2D eigenvalue weighted by atomic mass is 10.1. The predicted octanol–water partition coefficient (Wildman–Crippen LogP) is 3.75. The molecule has 0 saturated carbocycles. The van der Waals surface area contributed by atoms with Gasteiger partial charge in [0, 0.05) is 10.6 Å². The van der Waals surface area contributed by atoms with Crippen LogP contribution in [0.3, 0.4) is 0 Å². The third-order valence-corrected chi connectivity index (χ3v) is 3.37. The lowest BCUT2D eigenvalue weighted by molar-refractivity contribution is -0.116. The molecule has 17 heavy (non-hydrogen) atoms. The number of nitrogens with two attached hydrogens (primary N) is 1. The predicted molar refractivity (Wildman–Crippen MR) is 62.0 cm³/mol. The van der Waals surface area contributed by atoms with E-state index < -0.39 is 16.7 Å². The molecule has 0 fully saturated rings. The summed E-state index contributed by atoms with van der Waals surface area (Å²) in [5.74, 6) is -0.429. The number of hydrogen-bond donors (Lipinski definition) is 1. The Morgan fingerprint density at radius 1 is 1.47 bits per heavy atom. The summed E-state index contributed by atoms with van der Waals surface area (Å²) in [6.45, 7) is 1.21. The minimum absolute atomic E-state index is 0.0447. The van der Waals surface area contributed by atoms with Crippen LogP contribution in [0.1, 0.15) is 17.9 Å². The zero-order valence-electron chi connectivity index (χ0n) is 8.72. The number of hydrogen-bond acceptors (Lipinski definition) is 3. The van der Waals surface area contributed by atoms with E-state index in [1.807, 2.05) is 0 Å². The molecule has 0 bridgehead atoms. The van der Waals surface area contributed by atoms with Crippen molar-refractivity contribution in [1.29, 1.82) is 0 Å². The van der Waals surface area contributed by atoms with E-state index in [2.05, 4.69) is 0 Å². The smallest absolute Gasteiger partial charge is 0.398 e. The zero-order valence-corrected chi connectivity index (χ0v) is 10.3. The molecule has 1 unspecified atom stereocenters. The Labute approximate surface area is 105 Å². The van der Waals surface area contributed by atoms with Crippen molar-refractivity contribution in [3.05, 3.63) is 23.8 Å². The highest BCUT2D eigenvalue weighted by Gasteiger charge is 2.33. The first-order chi connectivity index (χ1) is 7.72. The molecule has 1 aromatic carbocycles. The van der Waals surface area contributed by atoms with E-state index in [4.69, 9.17) is 17.3 Å². The number of anilines is 1. The first kappa shape index (κ1) is 14.2. The van der Waals surface area contributed by atoms with Crippen LogP contribution in [0.4, 0.5) is 18.9 Å². The van der Waals surface area contributed by atoms with E-state index in [0.29, 0.717) is 0 Å². The number of alkyl halides is 4. The standard InChI is InChI=1S/C10H9ClF3NOS/c1-5(16)8(11)6-3-2-4-7(15)9(6)17-10(12,13)14/h2-4,8H,15H2,1H3. The van der Waals surface area contributed by atoms with Crippen molar-refractivity contribution in [3.63, 3.8) is 0 Å². The lowest BCUT2D eigenvalue weighted by Gasteiger charge is -2.15. The lowest BCUT2D eigenvalue weighted by Crippen LogP contribution is -2.08. The van der Waals surface area contributed by atoms with Crippen LogP contribution in [0.2, 0.25) is 0 Å². The molecule has 7 heteroatoms. The zero-order chi connectivity index (χ0) is 13.2. The number of Topliss-reactive ketones (excluding diaryl/α,β-unsaturated/α-hetero) is 1. The van der Waals surface area contributed by atoms with Crippen LogP contribution in [0, 0.1) is 0 Å². The molecule has 0 aliphatic carbocycles. The van der Waals surface area contributed by atoms with Crippen LogP contribution in [-0.4, -0.2) is 11.3 Å². The van der Waals surface area contributed by atoms with Crippen LogP contribution in [0.15, 0.2) is 23.1 Å². The van der Waals surface area contributed by atoms with Gasteiger partial charge in [-0.2, -0.15) is 13.2 Å². The average molecular weight is 284 g/mol. The van der Waals surface area contributed by atoms with Gasteiger partial charge in [-0.1, -0.05) is 12.1 Å². The van der Waals surface area contributed by atoms with E-state index in [-0.39, 0.29) is 27.9 Å². The maximum Gasteiger partial charge on any atom is 0.446 e. The number of halogens is 4. The fraction of sp³-hybridized carbons (Fsp3) is 0.300. The second kappa shape index (κ2) is 5.18. The fourth-order valence-electron chi connectivity index (χ4n) is 1.23. The Kier molecular flexibility index (Phi) is 4.32. The molecule has 1 rings (SSSR count). The Balaban J connectivity index is 3.22. The Morgan fingerprint density at radius 2 is 2.06 bits per heavy atom.